The van der Waals surface area contributed by atoms with Gasteiger partial charge in [0, 0.05) is 18.5 Å². The third kappa shape index (κ3) is 7.50. The number of nitrogens with one attached hydrogen (secondary N) is 1. The van der Waals surface area contributed by atoms with Gasteiger partial charge in [-0.15, -0.1) is 0 Å². The summed E-state index contributed by atoms with van der Waals surface area (Å²) >= 11 is 4.17. The van der Waals surface area contributed by atoms with Crippen LogP contribution in [0.5, 0.6) is 0 Å². The van der Waals surface area contributed by atoms with Gasteiger partial charge in [-0.1, -0.05) is 19.4 Å². The van der Waals surface area contributed by atoms with Crippen LogP contribution in [0.15, 0.2) is 23.3 Å². The zero-order valence-electron chi connectivity index (χ0n) is 10.5. The first kappa shape index (κ1) is 17.2. The van der Waals surface area contributed by atoms with Gasteiger partial charge in [0.05, 0.1) is 5.69 Å². The molecule has 0 atom stereocenters. The smallest absolute Gasteiger partial charge is 0.515 e. The molecule has 18 heavy (non-hydrogen) atoms. The Labute approximate surface area is 124 Å². The van der Waals surface area contributed by atoms with E-state index in [0.717, 1.165) is 30.8 Å². The maximum Gasteiger partial charge on any atom is 2.00 e. The summed E-state index contributed by atoms with van der Waals surface area (Å²) in [4.78, 5) is 4.28. The zero-order chi connectivity index (χ0) is 12.5. The summed E-state index contributed by atoms with van der Waals surface area (Å²) in [5.41, 5.74) is 5.68. The van der Waals surface area contributed by atoms with Gasteiger partial charge in [0.25, 0.3) is 0 Å². The van der Waals surface area contributed by atoms with Crippen LogP contribution in [0.1, 0.15) is 31.2 Å². The van der Waals surface area contributed by atoms with Crippen molar-refractivity contribution in [3.05, 3.63) is 35.0 Å². The van der Waals surface area contributed by atoms with Crippen LogP contribution >= 0.6 is 0 Å². The Morgan fingerprint density at radius 1 is 1.56 bits per heavy atom. The quantitative estimate of drug-likeness (QED) is 0.172. The van der Waals surface area contributed by atoms with Gasteiger partial charge >= 0.3 is 17.1 Å². The predicted octanol–water partition coefficient (Wildman–Crippen LogP) is 1.85. The number of thiol groups is 1. The molecule has 0 aliphatic carbocycles. The Kier molecular flexibility index (Phi) is 9.69. The van der Waals surface area contributed by atoms with Crippen molar-refractivity contribution in [2.75, 3.05) is 6.54 Å². The first-order chi connectivity index (χ1) is 8.22. The molecule has 0 saturated carbocycles. The number of unbranched alkanes of at least 4 members (excludes halogenated alkanes) is 1. The van der Waals surface area contributed by atoms with E-state index in [2.05, 4.69) is 40.0 Å². The molecule has 1 N–H and O–H groups in total. The van der Waals surface area contributed by atoms with Crippen LogP contribution in [0.3, 0.4) is 0 Å². The molecule has 0 aromatic carbocycles. The van der Waals surface area contributed by atoms with Crippen molar-refractivity contribution >= 4 is 23.5 Å². The standard InChI is InChI=1S/C12H18N4S.Cu/c1-3-4-8-13-12(17)16-14-9-11-7-5-6-10(2)15-11;/h5-7,9H,3-4,8H2,1-2H3,(H2,13,15,16,17);/q;+2. The fraction of sp³-hybridized carbons (Fsp3) is 0.417. The van der Waals surface area contributed by atoms with E-state index in [4.69, 9.17) is 0 Å². The molecule has 0 saturated heterocycles. The Hall–Kier alpha value is -0.811. The minimum atomic E-state index is 0. The van der Waals surface area contributed by atoms with Crippen LogP contribution in [-0.2, 0) is 29.3 Å². The SMILES string of the molecule is CCCCNC(=[SH+])[N-]N=Cc1cccc(C)n1.[Cu+2]. The third-order valence-electron chi connectivity index (χ3n) is 2.07. The molecule has 0 spiro atoms. The van der Waals surface area contributed by atoms with Crippen molar-refractivity contribution in [3.8, 4) is 0 Å². The fourth-order valence-electron chi connectivity index (χ4n) is 1.19. The van der Waals surface area contributed by atoms with Crippen molar-refractivity contribution in [2.45, 2.75) is 26.7 Å². The van der Waals surface area contributed by atoms with E-state index in [1.165, 1.54) is 0 Å². The van der Waals surface area contributed by atoms with E-state index in [9.17, 15) is 0 Å². The van der Waals surface area contributed by atoms with Gasteiger partial charge in [0.15, 0.2) is 17.3 Å². The van der Waals surface area contributed by atoms with Crippen molar-refractivity contribution in [3.63, 3.8) is 0 Å². The summed E-state index contributed by atoms with van der Waals surface area (Å²) in [6.07, 6.45) is 3.86. The van der Waals surface area contributed by atoms with E-state index >= 15 is 0 Å². The van der Waals surface area contributed by atoms with Crippen molar-refractivity contribution in [2.24, 2.45) is 5.10 Å². The molecule has 1 rings (SSSR count). The monoisotopic (exact) mass is 313 g/mol. The number of aromatic nitrogens is 1. The molecule has 0 amide bonds. The molecule has 1 radical (unpaired) electrons. The minimum absolute atomic E-state index is 0. The van der Waals surface area contributed by atoms with Gasteiger partial charge in [0.1, 0.15) is 0 Å². The van der Waals surface area contributed by atoms with Gasteiger partial charge in [-0.25, -0.2) is 0 Å². The Morgan fingerprint density at radius 3 is 3.00 bits per heavy atom. The van der Waals surface area contributed by atoms with Crippen molar-refractivity contribution < 1.29 is 17.1 Å². The number of hydrogen-bond acceptors (Lipinski definition) is 2. The molecule has 0 bridgehead atoms. The number of pyridine rings is 1. The van der Waals surface area contributed by atoms with Crippen molar-refractivity contribution in [1.82, 2.24) is 10.3 Å². The first-order valence-electron chi connectivity index (χ1n) is 5.70. The molecule has 1 heterocycles. The second kappa shape index (κ2) is 10.1. The van der Waals surface area contributed by atoms with E-state index in [1.54, 1.807) is 6.21 Å². The van der Waals surface area contributed by atoms with E-state index in [1.807, 2.05) is 25.1 Å². The van der Waals surface area contributed by atoms with Gasteiger partial charge in [0.2, 0.25) is 0 Å². The molecule has 6 heteroatoms. The van der Waals surface area contributed by atoms with Crippen LogP contribution in [-0.4, -0.2) is 22.9 Å². The number of rotatable bonds is 5. The van der Waals surface area contributed by atoms with Crippen LogP contribution in [0.25, 0.3) is 5.43 Å². The van der Waals surface area contributed by atoms with Crippen LogP contribution in [0.4, 0.5) is 0 Å². The Bertz CT molecular complexity index is 395. The average molecular weight is 314 g/mol. The predicted molar refractivity (Wildman–Crippen MR) is 76.6 cm³/mol. The summed E-state index contributed by atoms with van der Waals surface area (Å²) in [7, 11) is 0. The molecule has 0 fully saturated rings. The molecule has 0 aliphatic heterocycles. The molecule has 1 aromatic heterocycles. The van der Waals surface area contributed by atoms with Crippen molar-refractivity contribution in [1.29, 1.82) is 0 Å². The van der Waals surface area contributed by atoms with Gasteiger partial charge < -0.3 is 10.5 Å². The average Bonchev–Trinajstić information content (AvgIpc) is 2.29. The Balaban J connectivity index is 0.00000289. The molecule has 101 valence electrons. The zero-order valence-corrected chi connectivity index (χ0v) is 12.4. The largest absolute Gasteiger partial charge is 2.00 e. The number of aryl methyl sites for hydroxylation is 1. The summed E-state index contributed by atoms with van der Waals surface area (Å²) in [6.45, 7) is 4.95. The maximum absolute atomic E-state index is 4.28. The topological polar surface area (TPSA) is 51.4 Å². The van der Waals surface area contributed by atoms with Gasteiger partial charge in [-0.3, -0.25) is 10.3 Å². The second-order valence-electron chi connectivity index (χ2n) is 3.65. The summed E-state index contributed by atoms with van der Waals surface area (Å²) in [6, 6.07) is 5.76. The molecule has 0 unspecified atom stereocenters. The molecular formula is C12H18CuN4S+2. The molecule has 1 aromatic rings. The summed E-state index contributed by atoms with van der Waals surface area (Å²) < 4.78 is 0. The normalized spacial score (nSPS) is 10.1. The maximum atomic E-state index is 4.28. The molecule has 4 nitrogen and oxygen atoms in total. The molecule has 0 aliphatic rings. The number of hydrogen-bond donors (Lipinski definition) is 1. The second-order valence-corrected chi connectivity index (χ2v) is 4.08. The summed E-state index contributed by atoms with van der Waals surface area (Å²) in [5, 5.41) is 7.51. The Morgan fingerprint density at radius 2 is 2.33 bits per heavy atom. The van der Waals surface area contributed by atoms with Crippen LogP contribution in [0, 0.1) is 6.92 Å². The van der Waals surface area contributed by atoms with E-state index in [-0.39, 0.29) is 17.1 Å². The van der Waals surface area contributed by atoms with E-state index < -0.39 is 0 Å². The van der Waals surface area contributed by atoms with Gasteiger partial charge in [-0.05, 0) is 25.5 Å². The summed E-state index contributed by atoms with van der Waals surface area (Å²) in [5.74, 6) is 0. The van der Waals surface area contributed by atoms with Crippen LogP contribution < -0.4 is 5.32 Å². The third-order valence-corrected chi connectivity index (χ3v) is 2.31. The van der Waals surface area contributed by atoms with Crippen LogP contribution in [0.2, 0.25) is 0 Å². The molecular weight excluding hydrogens is 296 g/mol. The number of nitrogens with zero attached hydrogens (tertiary/aromatic N) is 3. The van der Waals surface area contributed by atoms with E-state index in [0.29, 0.717) is 5.11 Å². The van der Waals surface area contributed by atoms with Gasteiger partial charge in [-0.2, -0.15) is 0 Å². The minimum Gasteiger partial charge on any atom is -0.515 e. The fourth-order valence-corrected chi connectivity index (χ4v) is 1.35. The first-order valence-corrected chi connectivity index (χ1v) is 6.14.